The molecular formula is C84H80Br3Cl10IN7NaO14. The van der Waals surface area contributed by atoms with Gasteiger partial charge < -0.3 is 71.4 Å². The number of aromatic carboxylic acids is 3. The Kier molecular flexibility index (Phi) is 50.4. The van der Waals surface area contributed by atoms with Crippen molar-refractivity contribution in [2.24, 2.45) is 0 Å². The van der Waals surface area contributed by atoms with Gasteiger partial charge in [-0.2, -0.15) is 0 Å². The van der Waals surface area contributed by atoms with E-state index in [1.807, 2.05) is 68.5 Å². The summed E-state index contributed by atoms with van der Waals surface area (Å²) < 4.78 is 23.7. The quantitative estimate of drug-likeness (QED) is 0.0177. The number of carbonyl (C=O) groups excluding carboxylic acids is 2. The van der Waals surface area contributed by atoms with E-state index in [2.05, 4.69) is 79.4 Å². The number of carboxylic acids is 3. The second-order valence-electron chi connectivity index (χ2n) is 23.1. The van der Waals surface area contributed by atoms with E-state index in [0.29, 0.717) is 143 Å². The van der Waals surface area contributed by atoms with Crippen molar-refractivity contribution in [1.29, 1.82) is 0 Å². The first kappa shape index (κ1) is 111. The molecule has 0 spiro atoms. The van der Waals surface area contributed by atoms with Gasteiger partial charge in [-0.1, -0.05) is 257 Å². The summed E-state index contributed by atoms with van der Waals surface area (Å²) in [5.74, 6) is -2.39. The molecule has 0 atom stereocenters. The molecule has 120 heavy (non-hydrogen) atoms. The molecule has 0 bridgehead atoms. The van der Waals surface area contributed by atoms with Gasteiger partial charge in [-0.15, -0.1) is 0 Å². The molecule has 36 heteroatoms. The molecule has 0 amide bonds. The third-order valence-electron chi connectivity index (χ3n) is 15.1. The number of rotatable bonds is 17. The van der Waals surface area contributed by atoms with Crippen molar-refractivity contribution >= 4 is 267 Å². The maximum absolute atomic E-state index is 12.2. The number of hydrogen-bond acceptors (Lipinski definition) is 18. The minimum atomic E-state index is -1.04. The molecule has 21 nitrogen and oxygen atoms in total. The molecule has 0 radical (unpaired) electrons. The average Bonchev–Trinajstić information content (AvgIpc) is 1.82. The molecule has 0 aliphatic rings. The summed E-state index contributed by atoms with van der Waals surface area (Å²) in [7, 11) is 0. The average molecular weight is 2160 g/mol. The zero-order valence-electron chi connectivity index (χ0n) is 62.6. The van der Waals surface area contributed by atoms with Crippen LogP contribution in [0.25, 0.3) is 22.3 Å². The fourth-order valence-corrected chi connectivity index (χ4v) is 15.6. The molecule has 2 heterocycles. The number of aliphatic hydroxyl groups excluding tert-OH is 1. The van der Waals surface area contributed by atoms with Crippen molar-refractivity contribution in [3.8, 4) is 22.3 Å². The summed E-state index contributed by atoms with van der Waals surface area (Å²) in [5.41, 5.74) is 16.1. The topological polar surface area (TPSA) is 341 Å². The van der Waals surface area contributed by atoms with Crippen molar-refractivity contribution in [1.82, 2.24) is 10.3 Å². The van der Waals surface area contributed by atoms with Gasteiger partial charge in [0.05, 0.1) is 154 Å². The standard InChI is InChI=1S/C20H18Cl2N2O3.C18H14Cl2N2O3.C15H12BrCl2NO2.C13H8BrCl2NO2.C7H5IO2.C6H4BrCl2N.C2H6O.3CH4.Na.H2O/c1-4-26-20(25)14-7-5-6-8-17(14)23-19-15(21)9-13(10-16(19)22)18-11(2)24-27-12(18)3;1-9-16(10(2)25-22-9)11-7-13(19)17(14(20)8-11)21-15-6-4-3-5-12(15)18(23)24;1-2-21-15(20)10-5-3-4-6-13(10)19-14-11(17)7-9(16)8-12(14)18;14-7-5-9(15)12(10(16)6-7)17-11-4-2-1-3-8(11)13(18)19;8-6-4-2-1-3-5(6)7(9)10;7-3-1-4(8)6(10)5(9)2-3;1-2-3;;;;;/h5-10,23H,4H2,1-3H3;3-8,21H,1-2H3,(H,23,24);3-8,19H,2H2,1H3;1-6,17H,(H,18,19);1-4H,(H,9,10);1-2H,10H2;3H,2H2,1H3;3*1H4;;1H2/q;;;;;;;;;;+1;/p-1. The number of carbonyl (C=O) groups is 5. The number of aromatic nitrogens is 2. The third kappa shape index (κ3) is 32.3. The number of halogens is 14. The van der Waals surface area contributed by atoms with Crippen molar-refractivity contribution in [3.05, 3.63) is 300 Å². The van der Waals surface area contributed by atoms with Crippen LogP contribution in [0.4, 0.5) is 51.2 Å². The fraction of sp³-hybridized carbons (Fsp3) is 0.155. The van der Waals surface area contributed by atoms with Gasteiger partial charge in [-0.05, 0) is 204 Å². The van der Waals surface area contributed by atoms with E-state index in [4.69, 9.17) is 156 Å². The first-order valence-electron chi connectivity index (χ1n) is 33.4. The van der Waals surface area contributed by atoms with Crippen LogP contribution in [0.3, 0.4) is 0 Å². The van der Waals surface area contributed by atoms with Crippen LogP contribution in [0.5, 0.6) is 0 Å². The Morgan fingerprint density at radius 2 is 0.633 bits per heavy atom. The summed E-state index contributed by atoms with van der Waals surface area (Å²) >= 11 is 73.5. The van der Waals surface area contributed by atoms with Gasteiger partial charge in [0.1, 0.15) is 11.5 Å². The zero-order valence-corrected chi connectivity index (χ0v) is 79.1. The number of esters is 2. The van der Waals surface area contributed by atoms with E-state index in [-0.39, 0.29) is 75.0 Å². The number of ether oxygens (including phenoxy) is 2. The molecule has 11 N–H and O–H groups in total. The van der Waals surface area contributed by atoms with Crippen LogP contribution < -0.4 is 56.6 Å². The molecule has 0 unspecified atom stereocenters. The first-order chi connectivity index (χ1) is 54.5. The number of nitrogens with one attached hydrogen (secondary N) is 4. The number of aryl methyl sites for hydroxylation is 4. The van der Waals surface area contributed by atoms with E-state index >= 15 is 0 Å². The Morgan fingerprint density at radius 3 is 0.867 bits per heavy atom. The summed E-state index contributed by atoms with van der Waals surface area (Å²) in [4.78, 5) is 57.0. The van der Waals surface area contributed by atoms with E-state index in [9.17, 15) is 29.1 Å². The van der Waals surface area contributed by atoms with Crippen LogP contribution in [0.15, 0.2) is 204 Å². The van der Waals surface area contributed by atoms with Gasteiger partial charge in [0.15, 0.2) is 0 Å². The SMILES string of the molecule is C.C.C.CCO.CCOC(=O)c1ccccc1Nc1c(Cl)cc(-c2c(C)noc2C)cc1Cl.CCOC(=O)c1ccccc1Nc1c(Cl)cc(Br)cc1Cl.Cc1noc(C)c1-c1cc(Cl)c(Nc2ccccc2C(=O)O)c(Cl)c1.Nc1c(Cl)cc(Br)cc1Cl.O=C(O)c1ccccc1I.O=C(O)c1ccccc1Nc1c(Cl)cc(Br)cc1Cl.[Na+].[OH-]. The number of nitrogens with zero attached hydrogens (tertiary/aromatic N) is 2. The summed E-state index contributed by atoms with van der Waals surface area (Å²) in [6.07, 6.45) is 0. The van der Waals surface area contributed by atoms with Crippen LogP contribution >= 0.6 is 186 Å². The van der Waals surface area contributed by atoms with E-state index < -0.39 is 29.8 Å². The monoisotopic (exact) mass is 2150 g/mol. The predicted octanol–water partition coefficient (Wildman–Crippen LogP) is 26.8. The molecule has 12 aromatic rings. The molecule has 634 valence electrons. The maximum atomic E-state index is 12.2. The van der Waals surface area contributed by atoms with Gasteiger partial charge in [-0.25, -0.2) is 24.0 Å². The number of carboxylic acid groups (broad SMARTS) is 3. The molecule has 0 aliphatic carbocycles. The predicted molar refractivity (Wildman–Crippen MR) is 506 cm³/mol. The van der Waals surface area contributed by atoms with Crippen LogP contribution in [-0.4, -0.2) is 85.9 Å². The molecule has 10 aromatic carbocycles. The van der Waals surface area contributed by atoms with Gasteiger partial charge in [0.25, 0.3) is 0 Å². The molecule has 0 saturated heterocycles. The molecule has 0 saturated carbocycles. The molecule has 0 aliphatic heterocycles. The number of aliphatic hydroxyl groups is 1. The summed E-state index contributed by atoms with van der Waals surface area (Å²) in [6, 6.07) is 51.3. The zero-order chi connectivity index (χ0) is 85.1. The van der Waals surface area contributed by atoms with Crippen LogP contribution in [-0.2, 0) is 9.47 Å². The van der Waals surface area contributed by atoms with E-state index in [1.54, 1.807) is 172 Å². The molecule has 12 rings (SSSR count). The van der Waals surface area contributed by atoms with Crippen LogP contribution in [0.2, 0.25) is 50.2 Å². The Balaban J connectivity index is 0.000000729. The minimum Gasteiger partial charge on any atom is -0.870 e. The number of nitrogens with two attached hydrogens (primary N) is 1. The third-order valence-corrected chi connectivity index (χ3v) is 20.4. The Bertz CT molecular complexity index is 5330. The smallest absolute Gasteiger partial charge is 0.870 e. The van der Waals surface area contributed by atoms with Gasteiger partial charge in [0, 0.05) is 34.7 Å². The number of para-hydroxylation sites is 4. The number of nitrogen functional groups attached to an aromatic ring is 1. The number of hydrogen-bond donors (Lipinski definition) is 9. The van der Waals surface area contributed by atoms with Crippen molar-refractivity contribution in [2.75, 3.05) is 46.8 Å². The van der Waals surface area contributed by atoms with Crippen molar-refractivity contribution in [3.63, 3.8) is 0 Å². The first-order valence-corrected chi connectivity index (χ1v) is 40.7. The minimum absolute atomic E-state index is 0. The van der Waals surface area contributed by atoms with Crippen molar-refractivity contribution in [2.45, 2.75) is 70.7 Å². The largest absolute Gasteiger partial charge is 1.00 e. The number of benzene rings is 10. The van der Waals surface area contributed by atoms with E-state index in [1.165, 1.54) is 12.1 Å². The Hall–Kier alpha value is -7.04. The maximum Gasteiger partial charge on any atom is 1.00 e. The Labute approximate surface area is 806 Å². The normalized spacial score (nSPS) is 9.82. The Morgan fingerprint density at radius 1 is 0.408 bits per heavy atom. The van der Waals surface area contributed by atoms with E-state index in [0.717, 1.165) is 50.6 Å². The van der Waals surface area contributed by atoms with Crippen LogP contribution in [0.1, 0.15) is 118 Å². The fourth-order valence-electron chi connectivity index (χ4n) is 10.0. The van der Waals surface area contributed by atoms with Gasteiger partial charge >= 0.3 is 59.4 Å². The molecular weight excluding hydrogens is 2080 g/mol. The van der Waals surface area contributed by atoms with Crippen molar-refractivity contribution < 1.29 is 98.0 Å². The molecule has 0 fully saturated rings. The second-order valence-corrected chi connectivity index (χ2v) is 31.1. The second kappa shape index (κ2) is 54.6. The molecule has 2 aromatic heterocycles. The van der Waals surface area contributed by atoms with Gasteiger partial charge in [-0.3, -0.25) is 0 Å². The van der Waals surface area contributed by atoms with Crippen LogP contribution in [0, 0.1) is 31.3 Å². The van der Waals surface area contributed by atoms with Gasteiger partial charge in [0.2, 0.25) is 0 Å². The summed E-state index contributed by atoms with van der Waals surface area (Å²) in [6.45, 7) is 13.4. The summed E-state index contributed by atoms with van der Waals surface area (Å²) in [5, 5.41) is 58.8. The number of anilines is 9.